The minimum Gasteiger partial charge on any atom is -0.400 e. The quantitative estimate of drug-likeness (QED) is 0.0785. The van der Waals surface area contributed by atoms with Crippen molar-refractivity contribution in [2.45, 2.75) is 20.8 Å². The van der Waals surface area contributed by atoms with E-state index >= 15 is 0 Å². The summed E-state index contributed by atoms with van der Waals surface area (Å²) in [6.45, 7) is 5.93. The molecule has 4 rings (SSSR count). The minimum absolute atomic E-state index is 0. The fourth-order valence-corrected chi connectivity index (χ4v) is 2.22. The van der Waals surface area contributed by atoms with Crippen LogP contribution >= 0.6 is 0 Å². The third kappa shape index (κ3) is 50.9. The van der Waals surface area contributed by atoms with E-state index in [1.807, 2.05) is 62.4 Å². The summed E-state index contributed by atoms with van der Waals surface area (Å²) in [6.07, 6.45) is 0. The Hall–Kier alpha value is -1.63. The number of para-hydroxylation sites is 4. The van der Waals surface area contributed by atoms with Crippen molar-refractivity contribution in [2.24, 2.45) is 5.73 Å². The van der Waals surface area contributed by atoms with Crippen molar-refractivity contribution >= 4 is 28.8 Å². The molecule has 2 amide bonds. The number of aliphatic hydroxyl groups is 4. The Morgan fingerprint density at radius 3 is 1.00 bits per heavy atom. The zero-order valence-electron chi connectivity index (χ0n) is 28.2. The Balaban J connectivity index is -0.0000000684. The Bertz CT molecular complexity index is 1140. The van der Waals surface area contributed by atoms with E-state index in [1.165, 1.54) is 24.3 Å². The number of rotatable bonds is 3. The molecule has 9 N–H and O–H groups in total. The molecule has 17 heteroatoms. The van der Waals surface area contributed by atoms with Crippen LogP contribution in [-0.4, -0.2) is 64.2 Å². The van der Waals surface area contributed by atoms with Gasteiger partial charge in [0, 0.05) is 177 Å². The van der Waals surface area contributed by atoms with Crippen LogP contribution in [0.25, 0.3) is 0 Å². The largest absolute Gasteiger partial charge is 0.400 e. The zero-order valence-corrected chi connectivity index (χ0v) is 30.3. The van der Waals surface area contributed by atoms with E-state index < -0.39 is 15.9 Å². The summed E-state index contributed by atoms with van der Waals surface area (Å²) in [5, 5.41) is 51.0. The average molecular weight is 768 g/mol. The summed E-state index contributed by atoms with van der Waals surface area (Å²) >= 11 is 0. The molecule has 0 aliphatic carbocycles. The number of nitro benzene ring substituents is 2. The van der Waals surface area contributed by atoms with Gasteiger partial charge in [-0.25, -0.2) is 4.79 Å². The van der Waals surface area contributed by atoms with Crippen molar-refractivity contribution in [3.05, 3.63) is 142 Å². The normalized spacial score (nSPS) is 7.14. The molecule has 0 spiro atoms. The first-order valence-corrected chi connectivity index (χ1v) is 13.5. The van der Waals surface area contributed by atoms with Crippen molar-refractivity contribution in [1.82, 2.24) is 0 Å². The SMILES string of the molecule is CC.CCO.CO.CO.CO.NC(=O)Nc1ccccc1.Nc1ccccc1.O=[N+]([O-])c1ccccc1.O=[N+]([O-])c1ccccc1.[Ar].[Ar].[Ar]. The van der Waals surface area contributed by atoms with E-state index in [9.17, 15) is 25.0 Å². The van der Waals surface area contributed by atoms with E-state index in [-0.39, 0.29) is 131 Å². The molecule has 0 aromatic heterocycles. The Morgan fingerprint density at radius 2 is 0.837 bits per heavy atom. The number of hydrogen-bond acceptors (Lipinski definition) is 10. The summed E-state index contributed by atoms with van der Waals surface area (Å²) in [4.78, 5) is 29.5. The van der Waals surface area contributed by atoms with Gasteiger partial charge in [-0.3, -0.25) is 20.2 Å². The van der Waals surface area contributed by atoms with E-state index in [4.69, 9.17) is 31.9 Å². The predicted molar refractivity (Wildman–Crippen MR) is 185 cm³/mol. The number of carbonyl (C=O) groups excluding carboxylic acids is 1. The summed E-state index contributed by atoms with van der Waals surface area (Å²) in [6, 6.07) is 33.9. The van der Waals surface area contributed by atoms with Crippen LogP contribution in [0.2, 0.25) is 0 Å². The van der Waals surface area contributed by atoms with E-state index in [0.29, 0.717) is 0 Å². The van der Waals surface area contributed by atoms with Gasteiger partial charge < -0.3 is 37.2 Å². The van der Waals surface area contributed by atoms with Gasteiger partial charge in [0.15, 0.2) is 0 Å². The van der Waals surface area contributed by atoms with E-state index in [1.54, 1.807) is 55.5 Å². The minimum atomic E-state index is -0.536. The maximum atomic E-state index is 10.3. The molecule has 0 heterocycles. The zero-order chi connectivity index (χ0) is 36.6. The number of hydrogen-bond donors (Lipinski definition) is 7. The van der Waals surface area contributed by atoms with Gasteiger partial charge in [-0.05, 0) is 31.2 Å². The number of nitrogen functional groups attached to an aromatic ring is 1. The van der Waals surface area contributed by atoms with Gasteiger partial charge in [-0.15, -0.1) is 0 Å². The molecule has 0 unspecified atom stereocenters. The number of nitrogens with one attached hydrogen (secondary N) is 1. The van der Waals surface area contributed by atoms with E-state index in [0.717, 1.165) is 32.7 Å². The first-order valence-electron chi connectivity index (χ1n) is 13.5. The first kappa shape index (κ1) is 65.7. The molecule has 0 saturated carbocycles. The standard InChI is InChI=1S/C7H8N2O.2C6H5NO2.C6H7N.C2H6O.C2H6.3CH4O.3Ar/c8-7(10)9-6-4-2-1-3-5-6;2*8-7(9)6-4-2-1-3-5-6;7-6-4-2-1-3-5-6;1-2-3;4*1-2;;;/h1-5H,(H3,8,9,10);2*1-5H;1-5H,7H2;3H,2H2,1H3;1-2H3;3*2H,1H3;;;. The number of carbonyl (C=O) groups is 1. The maximum absolute atomic E-state index is 10.3. The second-order valence-corrected chi connectivity index (χ2v) is 6.77. The molecule has 0 radical (unpaired) electrons. The molecule has 0 bridgehead atoms. The molecule has 4 aromatic carbocycles. The number of nitrogens with two attached hydrogens (primary N) is 2. The molecule has 0 atom stereocenters. The molecule has 280 valence electrons. The van der Waals surface area contributed by atoms with Crippen LogP contribution in [0.4, 0.5) is 27.5 Å². The fourth-order valence-electron chi connectivity index (χ4n) is 2.22. The van der Waals surface area contributed by atoms with Crippen LogP contribution in [0.3, 0.4) is 0 Å². The number of benzene rings is 4. The number of aliphatic hydroxyl groups excluding tert-OH is 4. The molecule has 0 saturated heterocycles. The molecule has 0 fully saturated rings. The van der Waals surface area contributed by atoms with Gasteiger partial charge in [-0.1, -0.05) is 86.6 Å². The van der Waals surface area contributed by atoms with Crippen LogP contribution in [0.5, 0.6) is 0 Å². The number of anilines is 2. The molecule has 49 heavy (non-hydrogen) atoms. The third-order valence-electron chi connectivity index (χ3n) is 3.77. The summed E-state index contributed by atoms with van der Waals surface area (Å²) < 4.78 is 0. The van der Waals surface area contributed by atoms with Crippen LogP contribution in [0, 0.1) is 133 Å². The van der Waals surface area contributed by atoms with Crippen LogP contribution in [-0.2, 0) is 0 Å². The molecular formula is C32H49Ar3N5O9. The summed E-state index contributed by atoms with van der Waals surface area (Å²) in [5.41, 5.74) is 12.0. The van der Waals surface area contributed by atoms with Gasteiger partial charge in [0.1, 0.15) is 0 Å². The summed E-state index contributed by atoms with van der Waals surface area (Å²) in [7, 11) is 3.00. The van der Waals surface area contributed by atoms with Gasteiger partial charge >= 0.3 is 6.03 Å². The second kappa shape index (κ2) is 55.8. The number of nitrogens with zero attached hydrogens (tertiary/aromatic N) is 2. The number of amides is 2. The summed E-state index contributed by atoms with van der Waals surface area (Å²) in [5.74, 6) is 0. The third-order valence-corrected chi connectivity index (χ3v) is 3.77. The van der Waals surface area contributed by atoms with Crippen LogP contribution in [0.15, 0.2) is 121 Å². The van der Waals surface area contributed by atoms with Gasteiger partial charge in [0.05, 0.1) is 9.85 Å². The molecule has 14 nitrogen and oxygen atoms in total. The van der Waals surface area contributed by atoms with Crippen molar-refractivity contribution < 1.29 is 148 Å². The number of urea groups is 1. The van der Waals surface area contributed by atoms with Crippen molar-refractivity contribution in [3.63, 3.8) is 0 Å². The van der Waals surface area contributed by atoms with Gasteiger partial charge in [0.25, 0.3) is 11.4 Å². The predicted octanol–water partition coefficient (Wildman–Crippen LogP) is 5.49. The second-order valence-electron chi connectivity index (χ2n) is 6.77. The number of nitro groups is 2. The molecular weight excluding hydrogens is 718 g/mol. The Morgan fingerprint density at radius 1 is 0.612 bits per heavy atom. The Kier molecular flexibility index (Phi) is 74.8. The van der Waals surface area contributed by atoms with Crippen LogP contribution in [0.1, 0.15) is 20.8 Å². The first-order chi connectivity index (χ1) is 22.2. The van der Waals surface area contributed by atoms with Crippen molar-refractivity contribution in [1.29, 1.82) is 0 Å². The Labute approximate surface area is 379 Å². The maximum Gasteiger partial charge on any atom is 0.316 e. The van der Waals surface area contributed by atoms with Gasteiger partial charge in [0.2, 0.25) is 0 Å². The van der Waals surface area contributed by atoms with Crippen molar-refractivity contribution in [2.75, 3.05) is 39.0 Å². The molecule has 4 aromatic rings. The monoisotopic (exact) mass is 767 g/mol. The average Bonchev–Trinajstić information content (AvgIpc) is 3.11. The van der Waals surface area contributed by atoms with Crippen molar-refractivity contribution in [3.8, 4) is 0 Å². The smallest absolute Gasteiger partial charge is 0.316 e. The molecule has 0 aliphatic heterocycles. The van der Waals surface area contributed by atoms with Gasteiger partial charge in [-0.2, -0.15) is 0 Å². The van der Waals surface area contributed by atoms with Crippen LogP contribution < -0.4 is 16.8 Å². The fraction of sp³-hybridized carbons (Fsp3) is 0.219. The number of primary amides is 1. The molecule has 0 aliphatic rings. The topological polar surface area (TPSA) is 248 Å². The van der Waals surface area contributed by atoms with E-state index in [2.05, 4.69) is 5.32 Å². The number of non-ortho nitro benzene ring substituents is 2.